The van der Waals surface area contributed by atoms with Crippen LogP contribution in [0, 0.1) is 21.0 Å². The third-order valence-corrected chi connectivity index (χ3v) is 5.78. The van der Waals surface area contributed by atoms with Crippen LogP contribution in [-0.2, 0) is 20.2 Å². The summed E-state index contributed by atoms with van der Waals surface area (Å²) in [7, 11) is -7.77. The average Bonchev–Trinajstić information content (AvgIpc) is 2.59. The molecule has 0 amide bonds. The number of anilines is 3. The predicted octanol–water partition coefficient (Wildman–Crippen LogP) is 2.25. The lowest BCUT2D eigenvalue weighted by Gasteiger charge is -2.16. The summed E-state index contributed by atoms with van der Waals surface area (Å²) in [6.45, 7) is -0.531. The van der Waals surface area contributed by atoms with Gasteiger partial charge in [-0.3, -0.25) is 4.72 Å². The molecular weight excluding hydrogens is 548 g/mol. The molecule has 0 aliphatic heterocycles. The van der Waals surface area contributed by atoms with E-state index < -0.39 is 43.4 Å². The first-order valence-electron chi connectivity index (χ1n) is 7.80. The maximum Gasteiger partial charge on any atom is 0.299 e. The number of halogens is 4. The van der Waals surface area contributed by atoms with Crippen LogP contribution in [0.1, 0.15) is 0 Å². The molecule has 0 fully saturated rings. The van der Waals surface area contributed by atoms with Gasteiger partial charge in [0.25, 0.3) is 10.2 Å². The first-order valence-corrected chi connectivity index (χ1v) is 12.3. The molecule has 0 bridgehead atoms. The molecule has 160 valence electrons. The molecule has 2 aromatic rings. The number of hydrogen-bond acceptors (Lipinski definition) is 5. The molecule has 0 aliphatic rings. The van der Waals surface area contributed by atoms with Crippen LogP contribution in [0.5, 0.6) is 0 Å². The Hall–Kier alpha value is -1.62. The van der Waals surface area contributed by atoms with Gasteiger partial charge in [0, 0.05) is 16.7 Å². The molecule has 0 radical (unpaired) electrons. The van der Waals surface area contributed by atoms with Crippen molar-refractivity contribution in [1.82, 2.24) is 9.44 Å². The van der Waals surface area contributed by atoms with Gasteiger partial charge in [0.1, 0.15) is 11.5 Å². The minimum absolute atomic E-state index is 0.194. The molecular formula is C15H16F3IN4O4S2. The normalized spacial score (nSPS) is 12.0. The van der Waals surface area contributed by atoms with Gasteiger partial charge in [0.15, 0.2) is 11.6 Å². The summed E-state index contributed by atoms with van der Waals surface area (Å²) in [5, 5.41) is 2.35. The molecule has 0 unspecified atom stereocenters. The highest BCUT2D eigenvalue weighted by atomic mass is 127. The average molecular weight is 564 g/mol. The third-order valence-electron chi connectivity index (χ3n) is 3.31. The first kappa shape index (κ1) is 23.7. The molecule has 0 aromatic heterocycles. The fourth-order valence-electron chi connectivity index (χ4n) is 2.09. The third kappa shape index (κ3) is 7.29. The highest BCUT2D eigenvalue weighted by Gasteiger charge is 2.19. The summed E-state index contributed by atoms with van der Waals surface area (Å²) in [5.74, 6) is -3.44. The molecule has 2 rings (SSSR count). The summed E-state index contributed by atoms with van der Waals surface area (Å²) in [6.07, 6.45) is 0.905. The van der Waals surface area contributed by atoms with Gasteiger partial charge >= 0.3 is 0 Å². The van der Waals surface area contributed by atoms with Crippen LogP contribution >= 0.6 is 22.6 Å². The fraction of sp³-hybridized carbons (Fsp3) is 0.200. The SMILES string of the molecule is CS(=O)(=O)NCCNS(=O)(=O)Nc1ccc(F)c(F)c1Nc1ccc(I)cc1F. The van der Waals surface area contributed by atoms with Crippen LogP contribution < -0.4 is 19.5 Å². The second kappa shape index (κ2) is 9.46. The van der Waals surface area contributed by atoms with Crippen molar-refractivity contribution >= 4 is 59.9 Å². The van der Waals surface area contributed by atoms with E-state index >= 15 is 0 Å². The number of nitrogens with one attached hydrogen (secondary N) is 4. The molecule has 0 atom stereocenters. The highest BCUT2D eigenvalue weighted by molar-refractivity contribution is 14.1. The van der Waals surface area contributed by atoms with Crippen LogP contribution in [-0.4, -0.2) is 36.2 Å². The van der Waals surface area contributed by atoms with Crippen LogP contribution in [0.25, 0.3) is 0 Å². The highest BCUT2D eigenvalue weighted by Crippen LogP contribution is 2.32. The van der Waals surface area contributed by atoms with Crippen molar-refractivity contribution in [2.24, 2.45) is 0 Å². The van der Waals surface area contributed by atoms with Crippen LogP contribution in [0.2, 0.25) is 0 Å². The van der Waals surface area contributed by atoms with Crippen molar-refractivity contribution in [1.29, 1.82) is 0 Å². The van der Waals surface area contributed by atoms with E-state index in [4.69, 9.17) is 0 Å². The van der Waals surface area contributed by atoms with E-state index in [1.807, 2.05) is 32.0 Å². The Bertz CT molecular complexity index is 1110. The second-order valence-electron chi connectivity index (χ2n) is 5.70. The van der Waals surface area contributed by atoms with Gasteiger partial charge in [-0.1, -0.05) is 0 Å². The Kier molecular flexibility index (Phi) is 7.72. The van der Waals surface area contributed by atoms with E-state index in [-0.39, 0.29) is 24.5 Å². The minimum Gasteiger partial charge on any atom is -0.349 e. The molecule has 4 N–H and O–H groups in total. The second-order valence-corrected chi connectivity index (χ2v) is 10.3. The van der Waals surface area contributed by atoms with Crippen molar-refractivity contribution in [2.75, 3.05) is 29.4 Å². The van der Waals surface area contributed by atoms with Gasteiger partial charge in [-0.05, 0) is 52.9 Å². The quantitative estimate of drug-likeness (QED) is 0.276. The number of hydrogen-bond donors (Lipinski definition) is 4. The van der Waals surface area contributed by atoms with Crippen molar-refractivity contribution in [3.05, 3.63) is 51.4 Å². The first-order chi connectivity index (χ1) is 13.4. The van der Waals surface area contributed by atoms with Crippen molar-refractivity contribution in [3.63, 3.8) is 0 Å². The van der Waals surface area contributed by atoms with E-state index in [9.17, 15) is 30.0 Å². The molecule has 0 saturated heterocycles. The largest absolute Gasteiger partial charge is 0.349 e. The lowest BCUT2D eigenvalue weighted by molar-refractivity contribution is 0.512. The molecule has 2 aromatic carbocycles. The van der Waals surface area contributed by atoms with Crippen LogP contribution in [0.4, 0.5) is 30.2 Å². The Labute approximate surface area is 179 Å². The number of sulfonamides is 1. The molecule has 29 heavy (non-hydrogen) atoms. The standard InChI is InChI=1S/C15H16F3IN4O4S2/c1-28(24,25)20-6-7-21-29(26,27)23-13-5-3-10(16)14(18)15(13)22-12-4-2-9(19)8-11(12)17/h2-5,8,20-23H,6-7H2,1H3. The zero-order valence-electron chi connectivity index (χ0n) is 14.8. The van der Waals surface area contributed by atoms with Crippen LogP contribution in [0.3, 0.4) is 0 Å². The van der Waals surface area contributed by atoms with Gasteiger partial charge in [0.05, 0.1) is 17.6 Å². The predicted molar refractivity (Wildman–Crippen MR) is 112 cm³/mol. The Morgan fingerprint density at radius 1 is 0.897 bits per heavy atom. The lowest BCUT2D eigenvalue weighted by atomic mass is 10.2. The smallest absolute Gasteiger partial charge is 0.299 e. The van der Waals surface area contributed by atoms with E-state index in [2.05, 4.69) is 10.0 Å². The summed E-state index contributed by atoms with van der Waals surface area (Å²) in [4.78, 5) is 0. The summed E-state index contributed by atoms with van der Waals surface area (Å²) in [6, 6.07) is 5.62. The number of rotatable bonds is 9. The van der Waals surface area contributed by atoms with Gasteiger partial charge in [-0.15, -0.1) is 0 Å². The molecule has 0 spiro atoms. The fourth-order valence-corrected chi connectivity index (χ4v) is 3.91. The minimum atomic E-state index is -4.27. The monoisotopic (exact) mass is 564 g/mol. The van der Waals surface area contributed by atoms with Crippen LogP contribution in [0.15, 0.2) is 30.3 Å². The van der Waals surface area contributed by atoms with Gasteiger partial charge < -0.3 is 5.32 Å². The maximum atomic E-state index is 14.3. The topological polar surface area (TPSA) is 116 Å². The van der Waals surface area contributed by atoms with E-state index in [1.54, 1.807) is 0 Å². The maximum absolute atomic E-state index is 14.3. The molecule has 0 heterocycles. The molecule has 14 heteroatoms. The van der Waals surface area contributed by atoms with E-state index in [1.165, 1.54) is 12.1 Å². The van der Waals surface area contributed by atoms with E-state index in [0.717, 1.165) is 18.4 Å². The van der Waals surface area contributed by atoms with Gasteiger partial charge in [-0.2, -0.15) is 13.1 Å². The van der Waals surface area contributed by atoms with Crippen molar-refractivity contribution in [3.8, 4) is 0 Å². The van der Waals surface area contributed by atoms with Crippen molar-refractivity contribution < 1.29 is 30.0 Å². The van der Waals surface area contributed by atoms with Crippen molar-refractivity contribution in [2.45, 2.75) is 0 Å². The summed E-state index contributed by atoms with van der Waals surface area (Å²) < 4.78 is 94.8. The van der Waals surface area contributed by atoms with E-state index in [0.29, 0.717) is 9.64 Å². The molecule has 0 saturated carbocycles. The summed E-state index contributed by atoms with van der Waals surface area (Å²) in [5.41, 5.74) is -1.20. The van der Waals surface area contributed by atoms with Gasteiger partial charge in [0.2, 0.25) is 10.0 Å². The summed E-state index contributed by atoms with van der Waals surface area (Å²) >= 11 is 1.87. The molecule has 8 nitrogen and oxygen atoms in total. The zero-order chi connectivity index (χ0) is 21.8. The Morgan fingerprint density at radius 3 is 2.14 bits per heavy atom. The molecule has 0 aliphatic carbocycles. The zero-order valence-corrected chi connectivity index (χ0v) is 18.6. The Balaban J connectivity index is 2.23. The Morgan fingerprint density at radius 2 is 1.52 bits per heavy atom. The lowest BCUT2D eigenvalue weighted by Crippen LogP contribution is -2.37. The number of benzene rings is 2. The van der Waals surface area contributed by atoms with Gasteiger partial charge in [-0.25, -0.2) is 26.3 Å².